The van der Waals surface area contributed by atoms with Crippen molar-refractivity contribution >= 4 is 0 Å². The van der Waals surface area contributed by atoms with E-state index in [-0.39, 0.29) is 5.76 Å². The minimum Gasteiger partial charge on any atom is -0.409 e. The highest BCUT2D eigenvalue weighted by molar-refractivity contribution is 5.71. The van der Waals surface area contributed by atoms with Crippen molar-refractivity contribution < 1.29 is 4.42 Å². The molecular weight excluding hydrogens is 204 g/mol. The number of hydrogen-bond acceptors (Lipinski definition) is 3. The summed E-state index contributed by atoms with van der Waals surface area (Å²) < 4.78 is 5.19. The molecule has 16 heavy (non-hydrogen) atoms. The molecule has 0 radical (unpaired) electrons. The van der Waals surface area contributed by atoms with Gasteiger partial charge in [0.2, 0.25) is 0 Å². The molecule has 4 nitrogen and oxygen atoms in total. The van der Waals surface area contributed by atoms with E-state index in [1.807, 2.05) is 0 Å². The Kier molecular flexibility index (Phi) is 1.48. The van der Waals surface area contributed by atoms with Crippen LogP contribution in [-0.2, 0) is 0 Å². The zero-order valence-electron chi connectivity index (χ0n) is 8.75. The van der Waals surface area contributed by atoms with E-state index in [4.69, 9.17) is 4.42 Å². The van der Waals surface area contributed by atoms with Crippen molar-refractivity contribution in [3.63, 3.8) is 0 Å². The van der Waals surface area contributed by atoms with Gasteiger partial charge >= 0.3 is 5.76 Å². The Morgan fingerprint density at radius 3 is 3.12 bits per heavy atom. The van der Waals surface area contributed by atoms with E-state index in [2.05, 4.69) is 16.4 Å². The molecule has 0 aromatic carbocycles. The Bertz CT molecular complexity index is 583. The van der Waals surface area contributed by atoms with Crippen molar-refractivity contribution in [3.8, 4) is 11.3 Å². The first kappa shape index (κ1) is 8.58. The van der Waals surface area contributed by atoms with Crippen LogP contribution in [0.15, 0.2) is 21.5 Å². The van der Waals surface area contributed by atoms with Gasteiger partial charge in [-0.15, -0.1) is 0 Å². The number of fused-ring (bicyclic) bond motifs is 7. The summed E-state index contributed by atoms with van der Waals surface area (Å²) >= 11 is 0. The molecule has 0 aromatic heterocycles. The minimum absolute atomic E-state index is 0.376. The van der Waals surface area contributed by atoms with Crippen LogP contribution < -0.4 is 11.1 Å². The Morgan fingerprint density at radius 2 is 2.19 bits per heavy atom. The summed E-state index contributed by atoms with van der Waals surface area (Å²) in [6.07, 6.45) is 3.04. The second-order valence-corrected chi connectivity index (χ2v) is 4.76. The lowest BCUT2D eigenvalue weighted by Gasteiger charge is -2.21. The average Bonchev–Trinajstić information content (AvgIpc) is 2.76. The SMILES string of the molecule is O=c1[nH]cc2c3c(cc-2o1)C1CNCC3C1. The summed E-state index contributed by atoms with van der Waals surface area (Å²) in [5.74, 6) is 1.56. The number of H-pyrrole nitrogens is 1. The molecule has 2 unspecified atom stereocenters. The van der Waals surface area contributed by atoms with E-state index in [0.29, 0.717) is 11.8 Å². The molecule has 4 rings (SSSR count). The molecule has 2 aliphatic heterocycles. The lowest BCUT2D eigenvalue weighted by molar-refractivity contribution is 0.449. The monoisotopic (exact) mass is 216 g/mol. The topological polar surface area (TPSA) is 58.0 Å². The molecule has 4 heteroatoms. The van der Waals surface area contributed by atoms with Gasteiger partial charge in [-0.25, -0.2) is 4.79 Å². The third-order valence-electron chi connectivity index (χ3n) is 3.89. The van der Waals surface area contributed by atoms with Gasteiger partial charge in [-0.2, -0.15) is 0 Å². The number of aromatic nitrogens is 1. The molecule has 0 aromatic rings. The molecular formula is C12H12N2O2. The van der Waals surface area contributed by atoms with Gasteiger partial charge in [-0.3, -0.25) is 4.98 Å². The predicted molar refractivity (Wildman–Crippen MR) is 58.9 cm³/mol. The number of nitrogens with one attached hydrogen (secondary N) is 2. The lowest BCUT2D eigenvalue weighted by atomic mass is 9.95. The van der Waals surface area contributed by atoms with Crippen LogP contribution in [-0.4, -0.2) is 18.1 Å². The van der Waals surface area contributed by atoms with Gasteiger partial charge in [-0.05, 0) is 35.4 Å². The highest BCUT2D eigenvalue weighted by Gasteiger charge is 2.38. The van der Waals surface area contributed by atoms with Crippen LogP contribution in [0.5, 0.6) is 0 Å². The highest BCUT2D eigenvalue weighted by Crippen LogP contribution is 2.50. The average molecular weight is 216 g/mol. The zero-order chi connectivity index (χ0) is 10.7. The Balaban J connectivity index is 2.03. The fourth-order valence-corrected chi connectivity index (χ4v) is 3.27. The summed E-state index contributed by atoms with van der Waals surface area (Å²) in [7, 11) is 0. The van der Waals surface area contributed by atoms with Crippen molar-refractivity contribution in [3.05, 3.63) is 33.9 Å². The van der Waals surface area contributed by atoms with Crippen LogP contribution in [0.1, 0.15) is 29.4 Å². The molecule has 2 heterocycles. The van der Waals surface area contributed by atoms with E-state index in [9.17, 15) is 4.79 Å². The third kappa shape index (κ3) is 0.950. The van der Waals surface area contributed by atoms with Crippen LogP contribution in [0, 0.1) is 0 Å². The summed E-state index contributed by atoms with van der Waals surface area (Å²) in [4.78, 5) is 13.7. The van der Waals surface area contributed by atoms with Crippen LogP contribution in [0.3, 0.4) is 0 Å². The fraction of sp³-hybridized carbons (Fsp3) is 0.417. The number of hydrogen-bond donors (Lipinski definition) is 2. The molecule has 2 bridgehead atoms. The van der Waals surface area contributed by atoms with Gasteiger partial charge in [0.1, 0.15) is 5.76 Å². The van der Waals surface area contributed by atoms with Crippen molar-refractivity contribution in [2.45, 2.75) is 18.3 Å². The molecule has 0 saturated carbocycles. The van der Waals surface area contributed by atoms with Crippen LogP contribution in [0.4, 0.5) is 0 Å². The quantitative estimate of drug-likeness (QED) is 0.696. The molecule has 1 saturated heterocycles. The Hall–Kier alpha value is -1.55. The summed E-state index contributed by atoms with van der Waals surface area (Å²) in [6, 6.07) is 2.05. The van der Waals surface area contributed by atoms with Crippen molar-refractivity contribution in [2.24, 2.45) is 0 Å². The second kappa shape index (κ2) is 2.77. The van der Waals surface area contributed by atoms with Crippen molar-refractivity contribution in [2.75, 3.05) is 13.1 Å². The van der Waals surface area contributed by atoms with Gasteiger partial charge in [-0.1, -0.05) is 0 Å². The molecule has 82 valence electrons. The van der Waals surface area contributed by atoms with Gasteiger partial charge in [0, 0.05) is 24.8 Å². The molecule has 1 fully saturated rings. The first-order chi connectivity index (χ1) is 7.83. The molecule has 2 aliphatic carbocycles. The van der Waals surface area contributed by atoms with Gasteiger partial charge < -0.3 is 9.73 Å². The normalized spacial score (nSPS) is 27.2. The van der Waals surface area contributed by atoms with E-state index < -0.39 is 0 Å². The zero-order valence-corrected chi connectivity index (χ0v) is 8.75. The maximum Gasteiger partial charge on any atom is 0.416 e. The fourth-order valence-electron chi connectivity index (χ4n) is 3.27. The first-order valence-corrected chi connectivity index (χ1v) is 5.68. The first-order valence-electron chi connectivity index (χ1n) is 5.68. The Morgan fingerprint density at radius 1 is 1.31 bits per heavy atom. The maximum absolute atomic E-state index is 11.1. The van der Waals surface area contributed by atoms with E-state index >= 15 is 0 Å². The molecule has 2 atom stereocenters. The number of aromatic amines is 1. The summed E-state index contributed by atoms with van der Waals surface area (Å²) in [5.41, 5.74) is 3.86. The number of piperidine rings is 1. The molecule has 0 spiro atoms. The minimum atomic E-state index is -0.376. The summed E-state index contributed by atoms with van der Waals surface area (Å²) in [6.45, 7) is 2.09. The van der Waals surface area contributed by atoms with E-state index in [0.717, 1.165) is 24.4 Å². The standard InChI is InChI=1S/C12H12N2O2/c15-12-14-5-9-10(16-12)2-8-6-1-7(11(8)9)4-13-3-6/h2,5-7,13H,1,3-4H2,(H,14,15). The summed E-state index contributed by atoms with van der Waals surface area (Å²) in [5, 5.41) is 3.45. The van der Waals surface area contributed by atoms with E-state index in [1.165, 1.54) is 17.5 Å². The van der Waals surface area contributed by atoms with Crippen LogP contribution in [0.25, 0.3) is 11.3 Å². The second-order valence-electron chi connectivity index (χ2n) is 4.76. The third-order valence-corrected chi connectivity index (χ3v) is 3.89. The van der Waals surface area contributed by atoms with Crippen molar-refractivity contribution in [1.29, 1.82) is 0 Å². The van der Waals surface area contributed by atoms with Gasteiger partial charge in [0.15, 0.2) is 0 Å². The van der Waals surface area contributed by atoms with Crippen LogP contribution >= 0.6 is 0 Å². The van der Waals surface area contributed by atoms with E-state index in [1.54, 1.807) is 6.20 Å². The Labute approximate surface area is 92.0 Å². The van der Waals surface area contributed by atoms with Gasteiger partial charge in [0.25, 0.3) is 0 Å². The largest absolute Gasteiger partial charge is 0.416 e. The highest BCUT2D eigenvalue weighted by atomic mass is 16.4. The number of rotatable bonds is 0. The smallest absolute Gasteiger partial charge is 0.409 e. The van der Waals surface area contributed by atoms with Crippen LogP contribution in [0.2, 0.25) is 0 Å². The lowest BCUT2D eigenvalue weighted by Crippen LogP contribution is -2.29. The maximum atomic E-state index is 11.1. The molecule has 2 N–H and O–H groups in total. The van der Waals surface area contributed by atoms with Crippen molar-refractivity contribution in [1.82, 2.24) is 10.3 Å². The molecule has 0 amide bonds. The van der Waals surface area contributed by atoms with Gasteiger partial charge in [0.05, 0.1) is 0 Å². The molecule has 4 aliphatic rings. The predicted octanol–water partition coefficient (Wildman–Crippen LogP) is 1.25.